The number of methoxy groups -OCH3 is 1. The van der Waals surface area contributed by atoms with Gasteiger partial charge in [0.1, 0.15) is 5.75 Å². The van der Waals surface area contributed by atoms with E-state index in [2.05, 4.69) is 9.82 Å². The normalized spacial score (nSPS) is 16.8. The monoisotopic (exact) mass is 387 g/mol. The van der Waals surface area contributed by atoms with Gasteiger partial charge in [-0.3, -0.25) is 9.52 Å². The molecule has 1 aliphatic rings. The van der Waals surface area contributed by atoms with Gasteiger partial charge >= 0.3 is 0 Å². The second-order valence-electron chi connectivity index (χ2n) is 6.32. The second kappa shape index (κ2) is 7.40. The summed E-state index contributed by atoms with van der Waals surface area (Å²) in [5, 5.41) is 5.92. The summed E-state index contributed by atoms with van der Waals surface area (Å²) in [7, 11) is -1.84. The fourth-order valence-electron chi connectivity index (χ4n) is 3.07. The third-order valence-corrected chi connectivity index (χ3v) is 4.86. The number of hydrazone groups is 1. The van der Waals surface area contributed by atoms with E-state index in [0.717, 1.165) is 17.6 Å². The van der Waals surface area contributed by atoms with E-state index in [0.29, 0.717) is 23.4 Å². The molecular formula is C19H21N3O4S. The van der Waals surface area contributed by atoms with Crippen LogP contribution < -0.4 is 9.46 Å². The van der Waals surface area contributed by atoms with Gasteiger partial charge in [-0.05, 0) is 23.8 Å². The van der Waals surface area contributed by atoms with Gasteiger partial charge in [0.2, 0.25) is 15.9 Å². The average molecular weight is 387 g/mol. The van der Waals surface area contributed by atoms with E-state index in [1.807, 2.05) is 30.3 Å². The van der Waals surface area contributed by atoms with Crippen molar-refractivity contribution >= 4 is 27.3 Å². The van der Waals surface area contributed by atoms with Crippen molar-refractivity contribution in [2.24, 2.45) is 5.10 Å². The van der Waals surface area contributed by atoms with E-state index < -0.39 is 10.0 Å². The van der Waals surface area contributed by atoms with Crippen LogP contribution in [0, 0.1) is 0 Å². The Kier molecular flexibility index (Phi) is 5.18. The van der Waals surface area contributed by atoms with Gasteiger partial charge in [0.05, 0.1) is 30.8 Å². The predicted molar refractivity (Wildman–Crippen MR) is 104 cm³/mol. The maximum atomic E-state index is 12.1. The second-order valence-corrected chi connectivity index (χ2v) is 8.07. The number of hydrogen-bond donors (Lipinski definition) is 1. The minimum atomic E-state index is -3.43. The average Bonchev–Trinajstić information content (AvgIpc) is 3.06. The van der Waals surface area contributed by atoms with E-state index in [-0.39, 0.29) is 11.9 Å². The van der Waals surface area contributed by atoms with Crippen LogP contribution in [0.15, 0.2) is 53.6 Å². The molecule has 0 radical (unpaired) electrons. The van der Waals surface area contributed by atoms with Gasteiger partial charge < -0.3 is 4.74 Å². The fourth-order valence-corrected chi connectivity index (χ4v) is 3.65. The van der Waals surface area contributed by atoms with Crippen LogP contribution in [0.4, 0.5) is 5.69 Å². The third-order valence-electron chi connectivity index (χ3n) is 4.27. The van der Waals surface area contributed by atoms with Gasteiger partial charge in [0, 0.05) is 18.9 Å². The van der Waals surface area contributed by atoms with Crippen LogP contribution in [0.3, 0.4) is 0 Å². The molecule has 0 aromatic heterocycles. The first kappa shape index (κ1) is 18.9. The Labute approximate surface area is 158 Å². The molecule has 1 aliphatic heterocycles. The number of rotatable bonds is 5. The molecule has 0 unspecified atom stereocenters. The number of anilines is 1. The van der Waals surface area contributed by atoms with Crippen LogP contribution in [0.2, 0.25) is 0 Å². The summed E-state index contributed by atoms with van der Waals surface area (Å²) in [5.74, 6) is 0.550. The number of para-hydroxylation sites is 1. The van der Waals surface area contributed by atoms with Crippen molar-refractivity contribution in [3.63, 3.8) is 0 Å². The Balaban J connectivity index is 1.96. The number of nitrogens with one attached hydrogen (secondary N) is 1. The van der Waals surface area contributed by atoms with Gasteiger partial charge in [-0.15, -0.1) is 0 Å². The number of benzene rings is 2. The van der Waals surface area contributed by atoms with Gasteiger partial charge in [-0.2, -0.15) is 5.10 Å². The Morgan fingerprint density at radius 3 is 2.44 bits per heavy atom. The molecule has 0 saturated carbocycles. The summed E-state index contributed by atoms with van der Waals surface area (Å²) in [6, 6.07) is 14.3. The first-order chi connectivity index (χ1) is 12.8. The molecule has 2 aromatic carbocycles. The predicted octanol–water partition coefficient (Wildman–Crippen LogP) is 2.76. The highest BCUT2D eigenvalue weighted by Gasteiger charge is 2.32. The molecule has 0 saturated heterocycles. The molecule has 0 bridgehead atoms. The van der Waals surface area contributed by atoms with Crippen LogP contribution in [0.1, 0.15) is 30.5 Å². The van der Waals surface area contributed by atoms with Crippen molar-refractivity contribution in [2.75, 3.05) is 18.1 Å². The Bertz CT molecular complexity index is 984. The lowest BCUT2D eigenvalue weighted by Crippen LogP contribution is -2.24. The van der Waals surface area contributed by atoms with Crippen LogP contribution in [-0.4, -0.2) is 38.4 Å². The first-order valence-electron chi connectivity index (χ1n) is 8.37. The maximum Gasteiger partial charge on any atom is 0.240 e. The molecule has 1 heterocycles. The molecule has 0 aliphatic carbocycles. The molecule has 2 aromatic rings. The molecule has 3 rings (SSSR count). The van der Waals surface area contributed by atoms with Crippen LogP contribution in [0.25, 0.3) is 0 Å². The van der Waals surface area contributed by atoms with E-state index in [4.69, 9.17) is 4.74 Å². The van der Waals surface area contributed by atoms with Gasteiger partial charge in [0.15, 0.2) is 0 Å². The summed E-state index contributed by atoms with van der Waals surface area (Å²) in [5.41, 5.74) is 2.68. The van der Waals surface area contributed by atoms with Crippen molar-refractivity contribution in [3.8, 4) is 5.75 Å². The lowest BCUT2D eigenvalue weighted by atomic mass is 9.97. The minimum Gasteiger partial charge on any atom is -0.497 e. The minimum absolute atomic E-state index is 0.181. The fraction of sp³-hybridized carbons (Fsp3) is 0.263. The Morgan fingerprint density at radius 1 is 1.19 bits per heavy atom. The number of nitrogens with zero attached hydrogens (tertiary/aromatic N) is 2. The Hall–Kier alpha value is -2.87. The van der Waals surface area contributed by atoms with E-state index in [9.17, 15) is 13.2 Å². The highest BCUT2D eigenvalue weighted by atomic mass is 32.2. The summed E-state index contributed by atoms with van der Waals surface area (Å²) < 4.78 is 31.0. The zero-order valence-electron chi connectivity index (χ0n) is 15.3. The SMILES string of the molecule is COc1ccc([C@H]2CC(c3ccccc3NS(C)(=O)=O)=NN2C(C)=O)cc1. The molecule has 1 amide bonds. The van der Waals surface area contributed by atoms with Crippen molar-refractivity contribution < 1.29 is 17.9 Å². The molecule has 27 heavy (non-hydrogen) atoms. The van der Waals surface area contributed by atoms with Crippen molar-refractivity contribution in [2.45, 2.75) is 19.4 Å². The summed E-state index contributed by atoms with van der Waals surface area (Å²) in [6.07, 6.45) is 1.58. The number of sulfonamides is 1. The highest BCUT2D eigenvalue weighted by molar-refractivity contribution is 7.92. The van der Waals surface area contributed by atoms with Crippen molar-refractivity contribution in [1.82, 2.24) is 5.01 Å². The summed E-state index contributed by atoms with van der Waals surface area (Å²) >= 11 is 0. The lowest BCUT2D eigenvalue weighted by Gasteiger charge is -2.20. The number of hydrogen-bond acceptors (Lipinski definition) is 5. The molecule has 1 atom stereocenters. The van der Waals surface area contributed by atoms with E-state index in [1.54, 1.807) is 25.3 Å². The Morgan fingerprint density at radius 2 is 1.85 bits per heavy atom. The van der Waals surface area contributed by atoms with E-state index >= 15 is 0 Å². The third kappa shape index (κ3) is 4.28. The molecular weight excluding hydrogens is 366 g/mol. The highest BCUT2D eigenvalue weighted by Crippen LogP contribution is 2.35. The van der Waals surface area contributed by atoms with Crippen LogP contribution >= 0.6 is 0 Å². The van der Waals surface area contributed by atoms with Gasteiger partial charge in [-0.1, -0.05) is 30.3 Å². The van der Waals surface area contributed by atoms with Crippen LogP contribution in [-0.2, 0) is 14.8 Å². The van der Waals surface area contributed by atoms with Gasteiger partial charge in [0.25, 0.3) is 0 Å². The van der Waals surface area contributed by atoms with E-state index in [1.165, 1.54) is 11.9 Å². The number of amides is 1. The maximum absolute atomic E-state index is 12.1. The van der Waals surface area contributed by atoms with Crippen LogP contribution in [0.5, 0.6) is 5.75 Å². The lowest BCUT2D eigenvalue weighted by molar-refractivity contribution is -0.130. The smallest absolute Gasteiger partial charge is 0.240 e. The quantitative estimate of drug-likeness (QED) is 0.854. The molecule has 142 valence electrons. The van der Waals surface area contributed by atoms with Crippen molar-refractivity contribution in [3.05, 3.63) is 59.7 Å². The number of carbonyl (C=O) groups excluding carboxylic acids is 1. The van der Waals surface area contributed by atoms with Crippen molar-refractivity contribution in [1.29, 1.82) is 0 Å². The number of carbonyl (C=O) groups is 1. The molecule has 0 fully saturated rings. The molecule has 7 nitrogen and oxygen atoms in total. The number of ether oxygens (including phenoxy) is 1. The summed E-state index contributed by atoms with van der Waals surface area (Å²) in [4.78, 5) is 12.1. The molecule has 0 spiro atoms. The summed E-state index contributed by atoms with van der Waals surface area (Å²) in [6.45, 7) is 1.46. The topological polar surface area (TPSA) is 88.1 Å². The molecule has 8 heteroatoms. The zero-order chi connectivity index (χ0) is 19.6. The standard InChI is InChI=1S/C19H21N3O4S/c1-13(23)22-19(14-8-10-15(26-2)11-9-14)12-18(20-22)16-6-4-5-7-17(16)21-27(3,24)25/h4-11,19,21H,12H2,1-3H3/t19-/m1/s1. The first-order valence-corrected chi connectivity index (χ1v) is 10.3. The largest absolute Gasteiger partial charge is 0.497 e. The zero-order valence-corrected chi connectivity index (χ0v) is 16.2. The van der Waals surface area contributed by atoms with Gasteiger partial charge in [-0.25, -0.2) is 13.4 Å². The molecule has 1 N–H and O–H groups in total.